The fourth-order valence-corrected chi connectivity index (χ4v) is 3.32. The second-order valence-electron chi connectivity index (χ2n) is 6.89. The number of carbonyl (C=O) groups is 2. The molecule has 0 unspecified atom stereocenters. The van der Waals surface area contributed by atoms with Crippen molar-refractivity contribution in [2.24, 2.45) is 0 Å². The second-order valence-corrected chi connectivity index (χ2v) is 9.04. The summed E-state index contributed by atoms with van der Waals surface area (Å²) in [7, 11) is 1.37. The summed E-state index contributed by atoms with van der Waals surface area (Å²) in [6.07, 6.45) is 1.25. The summed E-state index contributed by atoms with van der Waals surface area (Å²) in [5, 5.41) is 2.58. The molecular formula is C19H32N4O4S. The third-order valence-corrected chi connectivity index (χ3v) is 5.98. The van der Waals surface area contributed by atoms with Crippen molar-refractivity contribution in [1.29, 1.82) is 0 Å². The Balaban J connectivity index is 0.00000122. The molecule has 0 saturated carbocycles. The van der Waals surface area contributed by atoms with Gasteiger partial charge in [0, 0.05) is 45.8 Å². The zero-order chi connectivity index (χ0) is 21.3. The van der Waals surface area contributed by atoms with Crippen LogP contribution in [0.1, 0.15) is 30.6 Å². The highest BCUT2D eigenvalue weighted by Gasteiger charge is 2.20. The van der Waals surface area contributed by atoms with Crippen molar-refractivity contribution < 1.29 is 18.0 Å². The highest BCUT2D eigenvalue weighted by Crippen LogP contribution is 2.14. The SMILES string of the molecule is CCC.CN1CCN(C(=O)CNC(=O)c2ccc(S(=O)(=O)N(C)C)cc2)CC1. The maximum atomic E-state index is 12.1. The van der Waals surface area contributed by atoms with Crippen molar-refractivity contribution in [3.8, 4) is 0 Å². The molecule has 0 bridgehead atoms. The van der Waals surface area contributed by atoms with Crippen LogP contribution in [0.4, 0.5) is 0 Å². The molecule has 1 N–H and O–H groups in total. The Morgan fingerprint density at radius 3 is 2.00 bits per heavy atom. The van der Waals surface area contributed by atoms with Crippen LogP contribution in [0.15, 0.2) is 29.2 Å². The van der Waals surface area contributed by atoms with Gasteiger partial charge >= 0.3 is 0 Å². The predicted molar refractivity (Wildman–Crippen MR) is 110 cm³/mol. The molecule has 158 valence electrons. The van der Waals surface area contributed by atoms with Gasteiger partial charge in [0.05, 0.1) is 11.4 Å². The smallest absolute Gasteiger partial charge is 0.251 e. The predicted octanol–water partition coefficient (Wildman–Crippen LogP) is 0.857. The van der Waals surface area contributed by atoms with Crippen molar-refractivity contribution in [3.63, 3.8) is 0 Å². The van der Waals surface area contributed by atoms with Gasteiger partial charge in [0.25, 0.3) is 5.91 Å². The minimum Gasteiger partial charge on any atom is -0.343 e. The van der Waals surface area contributed by atoms with Gasteiger partial charge in [-0.05, 0) is 31.3 Å². The average Bonchev–Trinajstić information content (AvgIpc) is 2.67. The van der Waals surface area contributed by atoms with E-state index in [1.165, 1.54) is 44.8 Å². The molecule has 8 nitrogen and oxygen atoms in total. The van der Waals surface area contributed by atoms with Crippen molar-refractivity contribution in [3.05, 3.63) is 29.8 Å². The maximum Gasteiger partial charge on any atom is 0.251 e. The molecule has 0 aliphatic carbocycles. The van der Waals surface area contributed by atoms with Gasteiger partial charge in [0.1, 0.15) is 0 Å². The van der Waals surface area contributed by atoms with Crippen LogP contribution in [-0.4, -0.2) is 88.2 Å². The molecule has 1 saturated heterocycles. The summed E-state index contributed by atoms with van der Waals surface area (Å²) in [4.78, 5) is 28.2. The highest BCUT2D eigenvalue weighted by molar-refractivity contribution is 7.89. The summed E-state index contributed by atoms with van der Waals surface area (Å²) >= 11 is 0. The monoisotopic (exact) mass is 412 g/mol. The van der Waals surface area contributed by atoms with E-state index in [0.717, 1.165) is 17.4 Å². The second kappa shape index (κ2) is 11.1. The number of amides is 2. The summed E-state index contributed by atoms with van der Waals surface area (Å²) in [6.45, 7) is 7.13. The lowest BCUT2D eigenvalue weighted by Crippen LogP contribution is -2.50. The van der Waals surface area contributed by atoms with Crippen molar-refractivity contribution in [2.75, 3.05) is 53.9 Å². The van der Waals surface area contributed by atoms with Crippen molar-refractivity contribution in [2.45, 2.75) is 25.2 Å². The molecule has 2 rings (SSSR count). The molecule has 9 heteroatoms. The van der Waals surface area contributed by atoms with Crippen LogP contribution in [0.25, 0.3) is 0 Å². The van der Waals surface area contributed by atoms with E-state index in [9.17, 15) is 18.0 Å². The van der Waals surface area contributed by atoms with E-state index in [-0.39, 0.29) is 17.3 Å². The Morgan fingerprint density at radius 1 is 1.04 bits per heavy atom. The number of sulfonamides is 1. The van der Waals surface area contributed by atoms with Gasteiger partial charge < -0.3 is 15.1 Å². The van der Waals surface area contributed by atoms with E-state index in [0.29, 0.717) is 18.7 Å². The number of hydrogen-bond acceptors (Lipinski definition) is 5. The molecule has 1 aliphatic heterocycles. The van der Waals surface area contributed by atoms with E-state index in [1.807, 2.05) is 7.05 Å². The van der Waals surface area contributed by atoms with Crippen LogP contribution in [0.3, 0.4) is 0 Å². The quantitative estimate of drug-likeness (QED) is 0.775. The lowest BCUT2D eigenvalue weighted by molar-refractivity contribution is -0.131. The van der Waals surface area contributed by atoms with E-state index >= 15 is 0 Å². The van der Waals surface area contributed by atoms with Gasteiger partial charge in [-0.25, -0.2) is 12.7 Å². The standard InChI is InChI=1S/C16H24N4O4S.C3H8/c1-18(2)25(23,24)14-6-4-13(5-7-14)16(22)17-12-15(21)20-10-8-19(3)9-11-20;1-3-2/h4-7H,8-12H2,1-3H3,(H,17,22);3H2,1-2H3. The number of hydrogen-bond donors (Lipinski definition) is 1. The van der Waals surface area contributed by atoms with Crippen LogP contribution >= 0.6 is 0 Å². The Bertz CT molecular complexity index is 740. The van der Waals surface area contributed by atoms with E-state index in [4.69, 9.17) is 0 Å². The van der Waals surface area contributed by atoms with E-state index in [1.54, 1.807) is 4.90 Å². The third kappa shape index (κ3) is 6.88. The van der Waals surface area contributed by atoms with E-state index in [2.05, 4.69) is 24.1 Å². The van der Waals surface area contributed by atoms with Gasteiger partial charge in [-0.15, -0.1) is 0 Å². The van der Waals surface area contributed by atoms with Gasteiger partial charge in [-0.1, -0.05) is 20.3 Å². The summed E-state index contributed by atoms with van der Waals surface area (Å²) in [5.74, 6) is -0.524. The van der Waals surface area contributed by atoms with Crippen molar-refractivity contribution in [1.82, 2.24) is 19.4 Å². The maximum absolute atomic E-state index is 12.1. The number of nitrogens with zero attached hydrogens (tertiary/aromatic N) is 3. The van der Waals surface area contributed by atoms with Crippen LogP contribution in [0, 0.1) is 0 Å². The number of benzene rings is 1. The Labute approximate surface area is 168 Å². The molecule has 0 spiro atoms. The van der Waals surface area contributed by atoms with E-state index < -0.39 is 15.9 Å². The highest BCUT2D eigenvalue weighted by atomic mass is 32.2. The van der Waals surface area contributed by atoms with Crippen LogP contribution < -0.4 is 5.32 Å². The first-order chi connectivity index (χ1) is 13.1. The topological polar surface area (TPSA) is 90.0 Å². The first-order valence-electron chi connectivity index (χ1n) is 9.40. The molecule has 1 aliphatic rings. The summed E-state index contributed by atoms with van der Waals surface area (Å²) in [5.41, 5.74) is 0.309. The minimum absolute atomic E-state index is 0.0692. The fraction of sp³-hybridized carbons (Fsp3) is 0.579. The summed E-state index contributed by atoms with van der Waals surface area (Å²) in [6, 6.07) is 5.64. The molecule has 0 atom stereocenters. The molecule has 1 aromatic rings. The zero-order valence-electron chi connectivity index (χ0n) is 17.4. The van der Waals surface area contributed by atoms with Gasteiger partial charge in [0.15, 0.2) is 0 Å². The normalized spacial score (nSPS) is 15.0. The zero-order valence-corrected chi connectivity index (χ0v) is 18.3. The third-order valence-electron chi connectivity index (χ3n) is 4.15. The number of piperazine rings is 1. The summed E-state index contributed by atoms with van der Waals surface area (Å²) < 4.78 is 25.1. The number of likely N-dealkylation sites (N-methyl/N-ethyl adjacent to an activating group) is 1. The Morgan fingerprint density at radius 2 is 1.54 bits per heavy atom. The molecular weight excluding hydrogens is 380 g/mol. The Hall–Kier alpha value is -1.97. The molecule has 1 fully saturated rings. The van der Waals surface area contributed by atoms with Crippen LogP contribution in [0.2, 0.25) is 0 Å². The largest absolute Gasteiger partial charge is 0.343 e. The van der Waals surface area contributed by atoms with Gasteiger partial charge in [-0.3, -0.25) is 9.59 Å². The molecule has 2 amide bonds. The minimum atomic E-state index is -3.53. The lowest BCUT2D eigenvalue weighted by atomic mass is 10.2. The Kier molecular flexibility index (Phi) is 9.57. The molecule has 1 heterocycles. The number of carbonyl (C=O) groups excluding carboxylic acids is 2. The number of rotatable bonds is 5. The number of nitrogens with one attached hydrogen (secondary N) is 1. The first-order valence-corrected chi connectivity index (χ1v) is 10.8. The molecule has 0 radical (unpaired) electrons. The molecule has 0 aromatic heterocycles. The molecule has 28 heavy (non-hydrogen) atoms. The first kappa shape index (κ1) is 24.1. The van der Waals surface area contributed by atoms with Crippen molar-refractivity contribution >= 4 is 21.8 Å². The van der Waals surface area contributed by atoms with Crippen LogP contribution in [0.5, 0.6) is 0 Å². The lowest BCUT2D eigenvalue weighted by Gasteiger charge is -2.32. The molecule has 1 aromatic carbocycles. The average molecular weight is 413 g/mol. The fourth-order valence-electron chi connectivity index (χ4n) is 2.41. The van der Waals surface area contributed by atoms with Gasteiger partial charge in [-0.2, -0.15) is 0 Å². The van der Waals surface area contributed by atoms with Crippen LogP contribution in [-0.2, 0) is 14.8 Å². The van der Waals surface area contributed by atoms with Gasteiger partial charge in [0.2, 0.25) is 15.9 Å².